The van der Waals surface area contributed by atoms with Crippen LogP contribution in [0.4, 0.5) is 0 Å². The van der Waals surface area contributed by atoms with E-state index in [1.807, 2.05) is 31.2 Å². The third kappa shape index (κ3) is 3.28. The van der Waals surface area contributed by atoms with Gasteiger partial charge in [0.2, 0.25) is 23.3 Å². The zero-order chi connectivity index (χ0) is 27.0. The Hall–Kier alpha value is -4.23. The highest BCUT2D eigenvalue weighted by atomic mass is 16.5. The number of nitrogens with two attached hydrogens (primary N) is 2. The Labute approximate surface area is 217 Å². The minimum Gasteiger partial charge on any atom is -0.370 e. The van der Waals surface area contributed by atoms with Crippen molar-refractivity contribution in [3.63, 3.8) is 0 Å². The minimum absolute atomic E-state index is 0.0626. The first-order chi connectivity index (χ1) is 18.0. The number of nitrogens with zero attached hydrogens (tertiary/aromatic N) is 3. The quantitative estimate of drug-likeness (QED) is 0.128. The molecule has 4 aliphatic rings. The highest BCUT2D eigenvalue weighted by Crippen LogP contribution is 2.41. The Morgan fingerprint density at radius 3 is 2.68 bits per heavy atom. The molecule has 0 aliphatic carbocycles. The van der Waals surface area contributed by atoms with E-state index in [4.69, 9.17) is 11.5 Å². The molecule has 198 valence electrons. The van der Waals surface area contributed by atoms with Crippen molar-refractivity contribution in [2.24, 2.45) is 16.5 Å². The molecule has 0 aromatic heterocycles. The number of amides is 3. The molecule has 2 aromatic rings. The molecule has 13 nitrogen and oxygen atoms in total. The summed E-state index contributed by atoms with van der Waals surface area (Å²) in [6.07, 6.45) is 0.226. The second-order valence-electron chi connectivity index (χ2n) is 10.3. The summed E-state index contributed by atoms with van der Waals surface area (Å²) in [6.45, 7) is 1.80. The topological polar surface area (TPSA) is 198 Å². The zero-order valence-corrected chi connectivity index (χ0v) is 20.6. The molecule has 3 amide bonds. The number of hydrogen-bond acceptors (Lipinski definition) is 10. The van der Waals surface area contributed by atoms with Crippen LogP contribution in [0.25, 0.3) is 10.8 Å². The fraction of sp³-hybridized carbons (Fsp3) is 0.400. The Balaban J connectivity index is 1.34. The van der Waals surface area contributed by atoms with Gasteiger partial charge in [-0.25, -0.2) is 9.57 Å². The largest absolute Gasteiger partial charge is 0.370 e. The van der Waals surface area contributed by atoms with Gasteiger partial charge in [0.15, 0.2) is 5.96 Å². The summed E-state index contributed by atoms with van der Waals surface area (Å²) in [5.41, 5.74) is 12.0. The van der Waals surface area contributed by atoms with Crippen LogP contribution in [0, 0.1) is 6.92 Å². The molecule has 0 saturated carbocycles. The van der Waals surface area contributed by atoms with Gasteiger partial charge in [-0.05, 0) is 23.8 Å². The monoisotopic (exact) mass is 521 g/mol. The average Bonchev–Trinajstić information content (AvgIpc) is 3.46. The van der Waals surface area contributed by atoms with Gasteiger partial charge in [0, 0.05) is 18.4 Å². The molecule has 0 bridgehead atoms. The number of carbonyl (C=O) groups is 3. The predicted molar refractivity (Wildman–Crippen MR) is 136 cm³/mol. The molecular weight excluding hydrogens is 492 g/mol. The molecule has 0 radical (unpaired) electrons. The number of hydrogen-bond donors (Lipinski definition) is 7. The molecule has 2 aromatic carbocycles. The lowest BCUT2D eigenvalue weighted by Crippen LogP contribution is -2.79. The molecule has 6 rings (SSSR count). The van der Waals surface area contributed by atoms with Gasteiger partial charge >= 0.3 is 5.96 Å². The zero-order valence-electron chi connectivity index (χ0n) is 20.6. The molecule has 9 N–H and O–H groups in total. The molecule has 2 fully saturated rings. The maximum Gasteiger partial charge on any atom is 0.346 e. The Morgan fingerprint density at radius 1 is 1.21 bits per heavy atom. The molecule has 4 heterocycles. The van der Waals surface area contributed by atoms with Crippen LogP contribution in [0.15, 0.2) is 41.4 Å². The number of rotatable bonds is 4. The van der Waals surface area contributed by atoms with Gasteiger partial charge in [-0.3, -0.25) is 30.3 Å². The summed E-state index contributed by atoms with van der Waals surface area (Å²) < 4.78 is 1.47. The highest BCUT2D eigenvalue weighted by Gasteiger charge is 2.75. The maximum absolute atomic E-state index is 13.4. The van der Waals surface area contributed by atoms with E-state index in [9.17, 15) is 24.6 Å². The number of fused-ring (bicyclic) bond motifs is 1. The first-order valence-electron chi connectivity index (χ1n) is 12.4. The Bertz CT molecular complexity index is 1450. The number of aryl methyl sites for hydroxylation is 1. The van der Waals surface area contributed by atoms with Crippen LogP contribution in [-0.2, 0) is 9.59 Å². The van der Waals surface area contributed by atoms with E-state index in [0.29, 0.717) is 5.56 Å². The van der Waals surface area contributed by atoms with Crippen molar-refractivity contribution in [1.29, 1.82) is 0 Å². The van der Waals surface area contributed by atoms with Crippen molar-refractivity contribution in [2.45, 2.75) is 49.3 Å². The number of likely N-dealkylation sites (tertiary alicyclic amines) is 1. The lowest BCUT2D eigenvalue weighted by molar-refractivity contribution is -0.623. The van der Waals surface area contributed by atoms with Crippen molar-refractivity contribution >= 4 is 40.4 Å². The first kappa shape index (κ1) is 24.1. The average molecular weight is 522 g/mol. The summed E-state index contributed by atoms with van der Waals surface area (Å²) in [7, 11) is 0. The lowest BCUT2D eigenvalue weighted by Gasteiger charge is -2.44. The number of aliphatic hydroxyl groups is 2. The Morgan fingerprint density at radius 2 is 1.95 bits per heavy atom. The van der Waals surface area contributed by atoms with Gasteiger partial charge in [-0.15, -0.1) is 0 Å². The summed E-state index contributed by atoms with van der Waals surface area (Å²) in [5, 5.41) is 33.6. The fourth-order valence-corrected chi connectivity index (χ4v) is 6.17. The normalized spacial score (nSPS) is 29.6. The van der Waals surface area contributed by atoms with Gasteiger partial charge in [0.05, 0.1) is 13.1 Å². The first-order valence-corrected chi connectivity index (χ1v) is 12.4. The summed E-state index contributed by atoms with van der Waals surface area (Å²) >= 11 is 0. The van der Waals surface area contributed by atoms with Crippen LogP contribution in [-0.4, -0.2) is 92.0 Å². The number of carbonyl (C=O) groups excluding carboxylic acids is 3. The van der Waals surface area contributed by atoms with E-state index < -0.39 is 35.5 Å². The van der Waals surface area contributed by atoms with Crippen LogP contribution < -0.4 is 27.4 Å². The van der Waals surface area contributed by atoms with E-state index in [0.717, 1.165) is 21.2 Å². The maximum atomic E-state index is 13.4. The highest BCUT2D eigenvalue weighted by molar-refractivity contribution is 6.07. The van der Waals surface area contributed by atoms with Gasteiger partial charge < -0.3 is 26.6 Å². The van der Waals surface area contributed by atoms with E-state index in [-0.39, 0.29) is 49.7 Å². The van der Waals surface area contributed by atoms with Crippen LogP contribution in [0.3, 0.4) is 0 Å². The van der Waals surface area contributed by atoms with Crippen LogP contribution in [0.1, 0.15) is 28.8 Å². The molecule has 2 saturated heterocycles. The minimum atomic E-state index is -2.61. The van der Waals surface area contributed by atoms with Crippen LogP contribution >= 0.6 is 0 Å². The fourth-order valence-electron chi connectivity index (χ4n) is 6.17. The summed E-state index contributed by atoms with van der Waals surface area (Å²) in [6, 6.07) is 8.13. The SMILES string of the molecule is Cc1ccc2c(C(=O)NC3C[N+]4=C(N)N[C@@H](CN5C(=O)CCC5=O)[C@@H]5N=C(N)N[C@@]54C3(O)O)cccc2c1. The van der Waals surface area contributed by atoms with Crippen LogP contribution in [0.5, 0.6) is 0 Å². The standard InChI is InChI=1S/C25H28N8O5/c1-12-5-6-14-13(9-12)3-2-4-15(14)21(36)29-17-11-33-23(27)28-16(10-32-18(34)7-8-19(32)35)20-24(33,25(17,37)38)31-22(26)30-20/h2-6,9,16-17,20,37-38H,7-8,10-11H2,1H3,(H6,26,27,28,29,30,31,36)/p+1/t16-,17?,20-,24-/m0/s1. The van der Waals surface area contributed by atoms with Crippen molar-refractivity contribution < 1.29 is 29.2 Å². The number of aliphatic imine (C=N–C) groups is 1. The molecule has 1 unspecified atom stereocenters. The summed E-state index contributed by atoms with van der Waals surface area (Å²) in [4.78, 5) is 43.5. The predicted octanol–water partition coefficient (Wildman–Crippen LogP) is -2.63. The molecule has 13 heteroatoms. The second kappa shape index (κ2) is 8.13. The number of imide groups is 1. The van der Waals surface area contributed by atoms with Gasteiger partial charge in [-0.2, -0.15) is 0 Å². The van der Waals surface area contributed by atoms with Gasteiger partial charge in [-0.1, -0.05) is 35.9 Å². The summed E-state index contributed by atoms with van der Waals surface area (Å²) in [5.74, 6) is -3.75. The van der Waals surface area contributed by atoms with E-state index in [1.54, 1.807) is 12.1 Å². The molecule has 4 aliphatic heterocycles. The lowest BCUT2D eigenvalue weighted by atomic mass is 9.85. The number of nitrogens with one attached hydrogen (secondary N) is 3. The van der Waals surface area contributed by atoms with Gasteiger partial charge in [0.25, 0.3) is 5.91 Å². The molecule has 1 spiro atoms. The van der Waals surface area contributed by atoms with Crippen molar-refractivity contribution in [2.75, 3.05) is 13.1 Å². The van der Waals surface area contributed by atoms with E-state index in [2.05, 4.69) is 20.9 Å². The third-order valence-electron chi connectivity index (χ3n) is 7.99. The van der Waals surface area contributed by atoms with Crippen molar-refractivity contribution in [1.82, 2.24) is 20.9 Å². The van der Waals surface area contributed by atoms with Crippen molar-refractivity contribution in [3.05, 3.63) is 47.5 Å². The van der Waals surface area contributed by atoms with Gasteiger partial charge in [0.1, 0.15) is 18.1 Å². The Kier molecular flexibility index (Phi) is 5.16. The molecular formula is C25H29N8O5+. The molecule has 4 atom stereocenters. The number of benzene rings is 2. The van der Waals surface area contributed by atoms with Crippen molar-refractivity contribution in [3.8, 4) is 0 Å². The number of guanidine groups is 2. The van der Waals surface area contributed by atoms with Crippen LogP contribution in [0.2, 0.25) is 0 Å². The van der Waals surface area contributed by atoms with E-state index in [1.165, 1.54) is 4.58 Å². The van der Waals surface area contributed by atoms with E-state index >= 15 is 0 Å². The molecule has 38 heavy (non-hydrogen) atoms. The smallest absolute Gasteiger partial charge is 0.346 e. The second-order valence-corrected chi connectivity index (χ2v) is 10.3. The third-order valence-corrected chi connectivity index (χ3v) is 7.99.